The zero-order valence-electron chi connectivity index (χ0n) is 16.5. The van der Waals surface area contributed by atoms with Gasteiger partial charge in [0.25, 0.3) is 5.56 Å². The Bertz CT molecular complexity index is 1310. The first kappa shape index (κ1) is 19.4. The van der Waals surface area contributed by atoms with Crippen molar-refractivity contribution in [2.24, 2.45) is 0 Å². The number of aromatic nitrogens is 5. The Balaban J connectivity index is 1.55. The summed E-state index contributed by atoms with van der Waals surface area (Å²) in [6.07, 6.45) is 1.29. The van der Waals surface area contributed by atoms with Crippen molar-refractivity contribution in [3.05, 3.63) is 81.7 Å². The van der Waals surface area contributed by atoms with Crippen LogP contribution < -0.4 is 10.9 Å². The SMILES string of the molecule is Cc1ccc(NC(=O)Cn2cnc3c(nnn3Cc3ccccc3C)c2=O)cc1F. The number of anilines is 1. The third kappa shape index (κ3) is 3.82. The number of fused-ring (bicyclic) bond motifs is 1. The quantitative estimate of drug-likeness (QED) is 0.549. The smallest absolute Gasteiger partial charge is 0.283 e. The van der Waals surface area contributed by atoms with Crippen molar-refractivity contribution in [3.63, 3.8) is 0 Å². The molecule has 0 aliphatic rings. The number of benzene rings is 2. The van der Waals surface area contributed by atoms with Gasteiger partial charge >= 0.3 is 0 Å². The van der Waals surface area contributed by atoms with Crippen LogP contribution in [0.25, 0.3) is 11.2 Å². The molecule has 0 saturated heterocycles. The molecule has 2 heterocycles. The van der Waals surface area contributed by atoms with Gasteiger partial charge in [0, 0.05) is 5.69 Å². The van der Waals surface area contributed by atoms with E-state index in [-0.39, 0.29) is 12.1 Å². The maximum atomic E-state index is 13.6. The van der Waals surface area contributed by atoms with Gasteiger partial charge in [0.1, 0.15) is 18.7 Å². The van der Waals surface area contributed by atoms with Crippen LogP contribution in [0.15, 0.2) is 53.6 Å². The molecule has 0 radical (unpaired) electrons. The summed E-state index contributed by atoms with van der Waals surface area (Å²) in [5, 5.41) is 10.6. The summed E-state index contributed by atoms with van der Waals surface area (Å²) in [6.45, 7) is 3.78. The third-order valence-corrected chi connectivity index (χ3v) is 4.84. The molecule has 2 aromatic carbocycles. The fourth-order valence-electron chi connectivity index (χ4n) is 3.08. The molecule has 0 fully saturated rings. The number of rotatable bonds is 5. The third-order valence-electron chi connectivity index (χ3n) is 4.84. The summed E-state index contributed by atoms with van der Waals surface area (Å²) in [5.41, 5.74) is 2.89. The molecule has 2 aromatic heterocycles. The number of halogens is 1. The van der Waals surface area contributed by atoms with Crippen molar-refractivity contribution < 1.29 is 9.18 Å². The molecule has 0 aliphatic carbocycles. The Morgan fingerprint density at radius 3 is 2.70 bits per heavy atom. The first-order chi connectivity index (χ1) is 14.4. The molecule has 9 heteroatoms. The zero-order valence-corrected chi connectivity index (χ0v) is 16.5. The molecule has 8 nitrogen and oxygen atoms in total. The molecule has 0 saturated carbocycles. The summed E-state index contributed by atoms with van der Waals surface area (Å²) in [6, 6.07) is 12.2. The maximum absolute atomic E-state index is 13.6. The first-order valence-corrected chi connectivity index (χ1v) is 9.31. The summed E-state index contributed by atoms with van der Waals surface area (Å²) < 4.78 is 16.3. The highest BCUT2D eigenvalue weighted by molar-refractivity contribution is 5.90. The summed E-state index contributed by atoms with van der Waals surface area (Å²) in [4.78, 5) is 29.3. The lowest BCUT2D eigenvalue weighted by atomic mass is 10.1. The number of nitrogens with zero attached hydrogens (tertiary/aromatic N) is 5. The van der Waals surface area contributed by atoms with Gasteiger partial charge < -0.3 is 5.32 Å². The topological polar surface area (TPSA) is 94.7 Å². The second-order valence-corrected chi connectivity index (χ2v) is 7.04. The van der Waals surface area contributed by atoms with Gasteiger partial charge in [-0.2, -0.15) is 0 Å². The van der Waals surface area contributed by atoms with E-state index in [9.17, 15) is 14.0 Å². The van der Waals surface area contributed by atoms with Gasteiger partial charge in [0.05, 0.1) is 6.54 Å². The highest BCUT2D eigenvalue weighted by Gasteiger charge is 2.15. The highest BCUT2D eigenvalue weighted by Crippen LogP contribution is 2.14. The lowest BCUT2D eigenvalue weighted by Crippen LogP contribution is -2.28. The van der Waals surface area contributed by atoms with Crippen LogP contribution in [-0.2, 0) is 17.9 Å². The standard InChI is InChI=1S/C21H19FN6O2/c1-13-5-3-4-6-15(13)10-28-20-19(25-26-28)21(30)27(12-23-20)11-18(29)24-16-8-7-14(2)17(22)9-16/h3-9,12H,10-11H2,1-2H3,(H,24,29). The van der Waals surface area contributed by atoms with Gasteiger partial charge in [-0.1, -0.05) is 35.5 Å². The van der Waals surface area contributed by atoms with Crippen molar-refractivity contribution in [1.82, 2.24) is 24.5 Å². The van der Waals surface area contributed by atoms with E-state index in [1.807, 2.05) is 31.2 Å². The van der Waals surface area contributed by atoms with Crippen LogP contribution >= 0.6 is 0 Å². The molecule has 4 rings (SSSR count). The van der Waals surface area contributed by atoms with E-state index >= 15 is 0 Å². The van der Waals surface area contributed by atoms with E-state index in [4.69, 9.17) is 0 Å². The average molecular weight is 406 g/mol. The molecule has 0 spiro atoms. The van der Waals surface area contributed by atoms with Gasteiger partial charge in [0.2, 0.25) is 5.91 Å². The monoisotopic (exact) mass is 406 g/mol. The van der Waals surface area contributed by atoms with E-state index < -0.39 is 17.3 Å². The van der Waals surface area contributed by atoms with E-state index in [0.717, 1.165) is 15.7 Å². The molecular formula is C21H19FN6O2. The van der Waals surface area contributed by atoms with Crippen LogP contribution in [0.5, 0.6) is 0 Å². The minimum atomic E-state index is -0.478. The second-order valence-electron chi connectivity index (χ2n) is 7.04. The summed E-state index contributed by atoms with van der Waals surface area (Å²) in [7, 11) is 0. The average Bonchev–Trinajstić information content (AvgIpc) is 3.12. The van der Waals surface area contributed by atoms with Crippen LogP contribution in [0, 0.1) is 19.7 Å². The molecule has 4 aromatic rings. The van der Waals surface area contributed by atoms with Crippen LogP contribution in [0.3, 0.4) is 0 Å². The number of nitrogens with one attached hydrogen (secondary N) is 1. The van der Waals surface area contributed by atoms with Crippen LogP contribution in [-0.4, -0.2) is 30.5 Å². The highest BCUT2D eigenvalue weighted by atomic mass is 19.1. The molecule has 0 unspecified atom stereocenters. The lowest BCUT2D eigenvalue weighted by Gasteiger charge is -2.08. The Morgan fingerprint density at radius 1 is 1.13 bits per heavy atom. The summed E-state index contributed by atoms with van der Waals surface area (Å²) in [5.74, 6) is -0.896. The second kappa shape index (κ2) is 7.86. The van der Waals surface area contributed by atoms with Crippen molar-refractivity contribution in [3.8, 4) is 0 Å². The van der Waals surface area contributed by atoms with Gasteiger partial charge in [0.15, 0.2) is 11.2 Å². The van der Waals surface area contributed by atoms with Crippen LogP contribution in [0.2, 0.25) is 0 Å². The molecule has 1 N–H and O–H groups in total. The molecule has 30 heavy (non-hydrogen) atoms. The minimum Gasteiger partial charge on any atom is -0.324 e. The molecule has 1 amide bonds. The number of hydrogen-bond acceptors (Lipinski definition) is 5. The normalized spacial score (nSPS) is 11.0. The maximum Gasteiger partial charge on any atom is 0.283 e. The number of aryl methyl sites for hydroxylation is 2. The molecule has 0 aliphatic heterocycles. The largest absolute Gasteiger partial charge is 0.324 e. The fraction of sp³-hybridized carbons (Fsp3) is 0.190. The van der Waals surface area contributed by atoms with Gasteiger partial charge in [-0.15, -0.1) is 5.10 Å². The first-order valence-electron chi connectivity index (χ1n) is 9.31. The van der Waals surface area contributed by atoms with Crippen LogP contribution in [0.1, 0.15) is 16.7 Å². The van der Waals surface area contributed by atoms with Gasteiger partial charge in [-0.05, 0) is 42.7 Å². The predicted octanol–water partition coefficient (Wildman–Crippen LogP) is 2.43. The van der Waals surface area contributed by atoms with Gasteiger partial charge in [-0.3, -0.25) is 14.2 Å². The summed E-state index contributed by atoms with van der Waals surface area (Å²) >= 11 is 0. The lowest BCUT2D eigenvalue weighted by molar-refractivity contribution is -0.116. The Kier molecular flexibility index (Phi) is 5.09. The Hall–Kier alpha value is -3.88. The van der Waals surface area contributed by atoms with Crippen LogP contribution in [0.4, 0.5) is 10.1 Å². The van der Waals surface area contributed by atoms with E-state index in [2.05, 4.69) is 20.6 Å². The minimum absolute atomic E-state index is 0.0836. The molecule has 152 valence electrons. The van der Waals surface area contributed by atoms with E-state index in [1.54, 1.807) is 23.7 Å². The Morgan fingerprint density at radius 2 is 1.93 bits per heavy atom. The van der Waals surface area contributed by atoms with E-state index in [1.165, 1.54) is 12.4 Å². The molecule has 0 atom stereocenters. The van der Waals surface area contributed by atoms with E-state index in [0.29, 0.717) is 23.4 Å². The van der Waals surface area contributed by atoms with Crippen molar-refractivity contribution in [2.75, 3.05) is 5.32 Å². The number of carbonyl (C=O) groups excluding carboxylic acids is 1. The molecule has 0 bridgehead atoms. The van der Waals surface area contributed by atoms with Crippen molar-refractivity contribution >= 4 is 22.8 Å². The Labute approximate surface area is 171 Å². The van der Waals surface area contributed by atoms with Gasteiger partial charge in [-0.25, -0.2) is 14.1 Å². The number of carbonyl (C=O) groups is 1. The zero-order chi connectivity index (χ0) is 21.3. The fourth-order valence-corrected chi connectivity index (χ4v) is 3.08. The molecular weight excluding hydrogens is 387 g/mol. The van der Waals surface area contributed by atoms with Crippen molar-refractivity contribution in [1.29, 1.82) is 0 Å². The number of hydrogen-bond donors (Lipinski definition) is 1. The number of amides is 1. The van der Waals surface area contributed by atoms with Crippen molar-refractivity contribution in [2.45, 2.75) is 26.9 Å². The predicted molar refractivity (Wildman–Crippen MR) is 110 cm³/mol.